The van der Waals surface area contributed by atoms with Crippen molar-refractivity contribution in [1.82, 2.24) is 9.88 Å². The number of carbonyl (C=O) groups is 2. The van der Waals surface area contributed by atoms with E-state index in [1.165, 1.54) is 12.0 Å². The Kier molecular flexibility index (Phi) is 7.04. The summed E-state index contributed by atoms with van der Waals surface area (Å²) in [6.45, 7) is 2.71. The SMILES string of the molecule is COCCN1C(=O)C(=O)/C(=C(/O)c2ccc(OCc3ccccc3)cc2C)[C@H]1c1cccnc1. The summed E-state index contributed by atoms with van der Waals surface area (Å²) in [5, 5.41) is 11.3. The van der Waals surface area contributed by atoms with E-state index in [-0.39, 0.29) is 24.5 Å². The number of benzene rings is 2. The molecule has 1 atom stereocenters. The Balaban J connectivity index is 1.68. The highest BCUT2D eigenvalue weighted by molar-refractivity contribution is 6.46. The number of carbonyl (C=O) groups excluding carboxylic acids is 2. The summed E-state index contributed by atoms with van der Waals surface area (Å²) in [4.78, 5) is 31.4. The lowest BCUT2D eigenvalue weighted by Gasteiger charge is -2.24. The first-order chi connectivity index (χ1) is 16.5. The summed E-state index contributed by atoms with van der Waals surface area (Å²) in [6, 6.07) is 17.8. The summed E-state index contributed by atoms with van der Waals surface area (Å²) in [6.07, 6.45) is 3.21. The van der Waals surface area contributed by atoms with Crippen LogP contribution in [0.25, 0.3) is 5.76 Å². The van der Waals surface area contributed by atoms with Gasteiger partial charge in [0.25, 0.3) is 11.7 Å². The normalized spacial score (nSPS) is 17.2. The number of aryl methyl sites for hydroxylation is 1. The minimum Gasteiger partial charge on any atom is -0.507 e. The molecule has 0 unspecified atom stereocenters. The van der Waals surface area contributed by atoms with E-state index in [1.807, 2.05) is 37.3 Å². The second kappa shape index (κ2) is 10.3. The molecule has 1 aliphatic rings. The highest BCUT2D eigenvalue weighted by atomic mass is 16.5. The van der Waals surface area contributed by atoms with E-state index in [0.717, 1.165) is 11.1 Å². The number of nitrogens with zero attached hydrogens (tertiary/aromatic N) is 2. The zero-order valence-electron chi connectivity index (χ0n) is 19.1. The van der Waals surface area contributed by atoms with E-state index in [1.54, 1.807) is 42.7 Å². The number of Topliss-reactive ketones (excluding diaryl/α,β-unsaturated/α-hetero) is 1. The fourth-order valence-electron chi connectivity index (χ4n) is 4.06. The standard InChI is InChI=1S/C27H26N2O5/c1-18-15-21(34-17-19-7-4-3-5-8-19)10-11-22(18)25(30)23-24(20-9-6-12-28-16-20)29(13-14-33-2)27(32)26(23)31/h3-12,15-16,24,30H,13-14,17H2,1-2H3/b25-23+/t24-/m1/s1. The molecule has 34 heavy (non-hydrogen) atoms. The van der Waals surface area contributed by atoms with Crippen LogP contribution in [0.5, 0.6) is 5.75 Å². The summed E-state index contributed by atoms with van der Waals surface area (Å²) >= 11 is 0. The van der Waals surface area contributed by atoms with Gasteiger partial charge in [-0.15, -0.1) is 0 Å². The van der Waals surface area contributed by atoms with Crippen LogP contribution in [0.4, 0.5) is 0 Å². The zero-order valence-corrected chi connectivity index (χ0v) is 19.1. The average Bonchev–Trinajstić information content (AvgIpc) is 3.12. The van der Waals surface area contributed by atoms with Gasteiger partial charge in [-0.05, 0) is 47.9 Å². The van der Waals surface area contributed by atoms with Gasteiger partial charge in [0, 0.05) is 31.6 Å². The number of amides is 1. The van der Waals surface area contributed by atoms with E-state index in [0.29, 0.717) is 23.5 Å². The Hall–Kier alpha value is -3.97. The Labute approximate surface area is 198 Å². The van der Waals surface area contributed by atoms with Crippen LogP contribution >= 0.6 is 0 Å². The first-order valence-corrected chi connectivity index (χ1v) is 11.0. The first kappa shape index (κ1) is 23.2. The topological polar surface area (TPSA) is 89.0 Å². The number of ether oxygens (including phenoxy) is 2. The number of likely N-dealkylation sites (tertiary alicyclic amines) is 1. The summed E-state index contributed by atoms with van der Waals surface area (Å²) in [5.41, 5.74) is 2.90. The van der Waals surface area contributed by atoms with Crippen molar-refractivity contribution < 1.29 is 24.2 Å². The largest absolute Gasteiger partial charge is 0.507 e. The van der Waals surface area contributed by atoms with Gasteiger partial charge in [-0.3, -0.25) is 14.6 Å². The fourth-order valence-corrected chi connectivity index (χ4v) is 4.06. The molecule has 174 valence electrons. The molecule has 0 spiro atoms. The number of aliphatic hydroxyl groups excluding tert-OH is 1. The molecule has 1 saturated heterocycles. The molecule has 1 amide bonds. The van der Waals surface area contributed by atoms with Crippen LogP contribution in [-0.4, -0.2) is 46.9 Å². The number of aromatic nitrogens is 1. The van der Waals surface area contributed by atoms with Crippen LogP contribution in [0.3, 0.4) is 0 Å². The van der Waals surface area contributed by atoms with Gasteiger partial charge in [-0.2, -0.15) is 0 Å². The Morgan fingerprint density at radius 1 is 1.09 bits per heavy atom. The maximum absolute atomic E-state index is 13.0. The van der Waals surface area contributed by atoms with Crippen molar-refractivity contribution in [2.45, 2.75) is 19.6 Å². The highest BCUT2D eigenvalue weighted by Crippen LogP contribution is 2.39. The van der Waals surface area contributed by atoms with Crippen LogP contribution < -0.4 is 4.74 Å². The summed E-state index contributed by atoms with van der Waals surface area (Å²) in [7, 11) is 1.53. The van der Waals surface area contributed by atoms with Gasteiger partial charge in [-0.1, -0.05) is 36.4 Å². The molecule has 1 N–H and O–H groups in total. The van der Waals surface area contributed by atoms with Crippen molar-refractivity contribution in [1.29, 1.82) is 0 Å². The lowest BCUT2D eigenvalue weighted by molar-refractivity contribution is -0.140. The molecular weight excluding hydrogens is 432 g/mol. The molecule has 7 nitrogen and oxygen atoms in total. The van der Waals surface area contributed by atoms with E-state index in [9.17, 15) is 14.7 Å². The van der Waals surface area contributed by atoms with E-state index < -0.39 is 17.7 Å². The van der Waals surface area contributed by atoms with Gasteiger partial charge in [0.15, 0.2) is 0 Å². The molecular formula is C27H26N2O5. The van der Waals surface area contributed by atoms with Crippen LogP contribution in [0, 0.1) is 6.92 Å². The molecule has 1 aromatic heterocycles. The van der Waals surface area contributed by atoms with Crippen molar-refractivity contribution in [2.75, 3.05) is 20.3 Å². The third kappa shape index (κ3) is 4.70. The number of methoxy groups -OCH3 is 1. The maximum atomic E-state index is 13.0. The minimum absolute atomic E-state index is 0.0372. The third-order valence-corrected chi connectivity index (χ3v) is 5.78. The van der Waals surface area contributed by atoms with Crippen molar-refractivity contribution in [2.24, 2.45) is 0 Å². The fraction of sp³-hybridized carbons (Fsp3) is 0.222. The van der Waals surface area contributed by atoms with E-state index in [4.69, 9.17) is 9.47 Å². The highest BCUT2D eigenvalue weighted by Gasteiger charge is 2.46. The van der Waals surface area contributed by atoms with E-state index in [2.05, 4.69) is 4.98 Å². The Morgan fingerprint density at radius 3 is 2.56 bits per heavy atom. The quantitative estimate of drug-likeness (QED) is 0.311. The second-order valence-corrected chi connectivity index (χ2v) is 8.02. The van der Waals surface area contributed by atoms with Gasteiger partial charge in [0.2, 0.25) is 0 Å². The van der Waals surface area contributed by atoms with Crippen LogP contribution in [0.1, 0.15) is 28.3 Å². The predicted molar refractivity (Wildman–Crippen MR) is 127 cm³/mol. The molecule has 0 saturated carbocycles. The van der Waals surface area contributed by atoms with Crippen LogP contribution in [0.2, 0.25) is 0 Å². The summed E-state index contributed by atoms with van der Waals surface area (Å²) in [5.74, 6) is -0.985. The van der Waals surface area contributed by atoms with Gasteiger partial charge >= 0.3 is 0 Å². The average molecular weight is 459 g/mol. The molecule has 2 aromatic carbocycles. The van der Waals surface area contributed by atoms with Gasteiger partial charge in [0.05, 0.1) is 18.2 Å². The molecule has 4 rings (SSSR count). The Morgan fingerprint density at radius 2 is 1.88 bits per heavy atom. The molecule has 0 aliphatic carbocycles. The smallest absolute Gasteiger partial charge is 0.295 e. The number of hydrogen-bond acceptors (Lipinski definition) is 6. The molecule has 2 heterocycles. The number of aliphatic hydroxyl groups is 1. The first-order valence-electron chi connectivity index (χ1n) is 11.0. The Bertz CT molecular complexity index is 1210. The minimum atomic E-state index is -0.753. The monoisotopic (exact) mass is 458 g/mol. The summed E-state index contributed by atoms with van der Waals surface area (Å²) < 4.78 is 11.0. The maximum Gasteiger partial charge on any atom is 0.295 e. The molecule has 0 bridgehead atoms. The van der Waals surface area contributed by atoms with Crippen molar-refractivity contribution in [3.05, 3.63) is 101 Å². The van der Waals surface area contributed by atoms with Gasteiger partial charge in [-0.25, -0.2) is 0 Å². The number of pyridine rings is 1. The molecule has 1 aliphatic heterocycles. The predicted octanol–water partition coefficient (Wildman–Crippen LogP) is 4.04. The molecule has 1 fully saturated rings. The third-order valence-electron chi connectivity index (χ3n) is 5.78. The molecule has 7 heteroatoms. The van der Waals surface area contributed by atoms with Gasteiger partial charge < -0.3 is 19.5 Å². The second-order valence-electron chi connectivity index (χ2n) is 8.02. The van der Waals surface area contributed by atoms with Crippen molar-refractivity contribution in [3.8, 4) is 5.75 Å². The zero-order chi connectivity index (χ0) is 24.1. The number of hydrogen-bond donors (Lipinski definition) is 1. The van der Waals surface area contributed by atoms with Crippen molar-refractivity contribution >= 4 is 17.4 Å². The lowest BCUT2D eigenvalue weighted by atomic mass is 9.94. The van der Waals surface area contributed by atoms with Crippen LogP contribution in [-0.2, 0) is 20.9 Å². The van der Waals surface area contributed by atoms with Crippen molar-refractivity contribution in [3.63, 3.8) is 0 Å². The molecule has 0 radical (unpaired) electrons. The lowest BCUT2D eigenvalue weighted by Crippen LogP contribution is -2.32. The molecule has 3 aromatic rings. The number of rotatable bonds is 8. The van der Waals surface area contributed by atoms with Crippen LogP contribution in [0.15, 0.2) is 78.6 Å². The van der Waals surface area contributed by atoms with Gasteiger partial charge in [0.1, 0.15) is 18.1 Å². The van der Waals surface area contributed by atoms with E-state index >= 15 is 0 Å². The number of ketones is 1.